The molecule has 1 aliphatic rings. The number of rotatable bonds is 4. The van der Waals surface area contributed by atoms with E-state index in [0.717, 1.165) is 15.8 Å². The molecule has 33 heavy (non-hydrogen) atoms. The summed E-state index contributed by atoms with van der Waals surface area (Å²) in [5, 5.41) is 4.34. The molecule has 0 N–H and O–H groups in total. The van der Waals surface area contributed by atoms with Crippen LogP contribution in [0.25, 0.3) is 21.9 Å². The number of benzene rings is 2. The topological polar surface area (TPSA) is 93.9 Å². The van der Waals surface area contributed by atoms with Crippen molar-refractivity contribution in [1.29, 1.82) is 0 Å². The first-order valence-electron chi connectivity index (χ1n) is 9.83. The number of esters is 1. The van der Waals surface area contributed by atoms with E-state index in [2.05, 4.69) is 32.6 Å². The van der Waals surface area contributed by atoms with Gasteiger partial charge in [0.2, 0.25) is 4.96 Å². The fraction of sp³-hybridized carbons (Fsp3) is 0.0870. The Labute approximate surface area is 199 Å². The average molecular weight is 523 g/mol. The first-order chi connectivity index (χ1) is 15.9. The maximum absolute atomic E-state index is 13.3. The Morgan fingerprint density at radius 2 is 2.00 bits per heavy atom. The van der Waals surface area contributed by atoms with Gasteiger partial charge >= 0.3 is 5.97 Å². The van der Waals surface area contributed by atoms with E-state index in [0.29, 0.717) is 39.6 Å². The summed E-state index contributed by atoms with van der Waals surface area (Å²) in [4.78, 5) is 44.4. The van der Waals surface area contributed by atoms with Crippen LogP contribution in [-0.2, 0) is 9.59 Å². The number of hydrogen-bond acceptors (Lipinski definition) is 7. The Kier molecular flexibility index (Phi) is 5.18. The molecule has 0 aliphatic carbocycles. The van der Waals surface area contributed by atoms with Crippen molar-refractivity contribution in [3.8, 4) is 17.1 Å². The van der Waals surface area contributed by atoms with Crippen molar-refractivity contribution in [2.45, 2.75) is 6.92 Å². The summed E-state index contributed by atoms with van der Waals surface area (Å²) in [6, 6.07) is 12.3. The van der Waals surface area contributed by atoms with E-state index in [4.69, 9.17) is 4.74 Å². The molecule has 10 heteroatoms. The molecule has 3 heterocycles. The minimum atomic E-state index is -0.472. The number of para-hydroxylation sites is 1. The van der Waals surface area contributed by atoms with Crippen LogP contribution in [0.2, 0.25) is 0 Å². The van der Waals surface area contributed by atoms with Gasteiger partial charge in [0.1, 0.15) is 10.3 Å². The van der Waals surface area contributed by atoms with E-state index in [9.17, 15) is 14.4 Å². The van der Waals surface area contributed by atoms with E-state index in [1.165, 1.54) is 11.4 Å². The zero-order valence-electron chi connectivity index (χ0n) is 17.2. The molecule has 0 unspecified atom stereocenters. The lowest BCUT2D eigenvalue weighted by atomic mass is 10.1. The number of anilines is 1. The monoisotopic (exact) mass is 522 g/mol. The van der Waals surface area contributed by atoms with Crippen molar-refractivity contribution in [1.82, 2.24) is 14.6 Å². The van der Waals surface area contributed by atoms with Gasteiger partial charge in [-0.25, -0.2) is 0 Å². The lowest BCUT2D eigenvalue weighted by molar-refractivity contribution is -0.131. The minimum Gasteiger partial charge on any atom is -0.426 e. The molecule has 0 fully saturated rings. The highest BCUT2D eigenvalue weighted by Gasteiger charge is 2.34. The lowest BCUT2D eigenvalue weighted by Crippen LogP contribution is -2.32. The smallest absolute Gasteiger partial charge is 0.308 e. The molecule has 2 aromatic heterocycles. The van der Waals surface area contributed by atoms with Crippen LogP contribution < -0.4 is 19.7 Å². The molecule has 8 nitrogen and oxygen atoms in total. The zero-order valence-corrected chi connectivity index (χ0v) is 19.6. The molecule has 0 bridgehead atoms. The van der Waals surface area contributed by atoms with Crippen LogP contribution in [0.3, 0.4) is 0 Å². The second kappa shape index (κ2) is 8.05. The first-order valence-corrected chi connectivity index (χ1v) is 11.4. The van der Waals surface area contributed by atoms with Gasteiger partial charge in [0.25, 0.3) is 11.5 Å². The number of carbonyl (C=O) groups is 2. The highest BCUT2D eigenvalue weighted by atomic mass is 79.9. The van der Waals surface area contributed by atoms with Gasteiger partial charge in [0.15, 0.2) is 5.82 Å². The molecule has 2 aromatic carbocycles. The third-order valence-electron chi connectivity index (χ3n) is 5.06. The van der Waals surface area contributed by atoms with Crippen LogP contribution in [0.4, 0.5) is 5.69 Å². The predicted molar refractivity (Wildman–Crippen MR) is 128 cm³/mol. The summed E-state index contributed by atoms with van der Waals surface area (Å²) >= 11 is 4.54. The minimum absolute atomic E-state index is 0.251. The quantitative estimate of drug-likeness (QED) is 0.232. The molecule has 5 rings (SSSR count). The number of nitrogens with zero attached hydrogens (tertiary/aromatic N) is 4. The molecule has 0 atom stereocenters. The summed E-state index contributed by atoms with van der Waals surface area (Å²) < 4.78 is 7.47. The Bertz CT molecular complexity index is 1590. The van der Waals surface area contributed by atoms with Gasteiger partial charge in [-0.05, 0) is 30.3 Å². The number of fused-ring (bicyclic) bond motifs is 2. The van der Waals surface area contributed by atoms with Gasteiger partial charge in [0.05, 0.1) is 16.8 Å². The zero-order chi connectivity index (χ0) is 23.3. The van der Waals surface area contributed by atoms with E-state index < -0.39 is 11.5 Å². The largest absolute Gasteiger partial charge is 0.426 e. The van der Waals surface area contributed by atoms with Crippen molar-refractivity contribution >= 4 is 55.4 Å². The van der Waals surface area contributed by atoms with E-state index in [-0.39, 0.29) is 16.3 Å². The lowest BCUT2D eigenvalue weighted by Gasteiger charge is -2.14. The summed E-state index contributed by atoms with van der Waals surface area (Å²) in [5.74, 6) is -0.193. The fourth-order valence-corrected chi connectivity index (χ4v) is 5.09. The average Bonchev–Trinajstić information content (AvgIpc) is 3.40. The molecular formula is C23H15BrN4O4S. The van der Waals surface area contributed by atoms with Crippen LogP contribution in [-0.4, -0.2) is 33.0 Å². The highest BCUT2D eigenvalue weighted by Crippen LogP contribution is 2.37. The number of amides is 1. The van der Waals surface area contributed by atoms with Gasteiger partial charge in [-0.2, -0.15) is 9.50 Å². The first kappa shape index (κ1) is 21.2. The van der Waals surface area contributed by atoms with Crippen molar-refractivity contribution in [2.75, 3.05) is 11.4 Å². The van der Waals surface area contributed by atoms with Crippen LogP contribution in [0.5, 0.6) is 5.75 Å². The number of ether oxygens (including phenoxy) is 1. The van der Waals surface area contributed by atoms with Crippen molar-refractivity contribution < 1.29 is 14.3 Å². The maximum atomic E-state index is 13.3. The van der Waals surface area contributed by atoms with Crippen molar-refractivity contribution in [3.05, 3.63) is 80.0 Å². The number of thiazole rings is 1. The van der Waals surface area contributed by atoms with Gasteiger partial charge in [0, 0.05) is 23.5 Å². The SMILES string of the molecule is C=CCN1C(=O)C(=c2sc3nc(-c4ccccc4OC(C)=O)nn3c2=O)c2cc(Br)ccc21. The van der Waals surface area contributed by atoms with Gasteiger partial charge in [-0.3, -0.25) is 14.4 Å². The molecule has 0 saturated carbocycles. The van der Waals surface area contributed by atoms with Crippen LogP contribution in [0.15, 0.2) is 64.4 Å². The van der Waals surface area contributed by atoms with E-state index >= 15 is 0 Å². The summed E-state index contributed by atoms with van der Waals surface area (Å²) in [5.41, 5.74) is 1.75. The van der Waals surface area contributed by atoms with E-state index in [1.807, 2.05) is 18.2 Å². The summed E-state index contributed by atoms with van der Waals surface area (Å²) in [7, 11) is 0. The second-order valence-corrected chi connectivity index (χ2v) is 9.09. The predicted octanol–water partition coefficient (Wildman–Crippen LogP) is 2.96. The third kappa shape index (κ3) is 3.47. The van der Waals surface area contributed by atoms with Crippen LogP contribution >= 0.6 is 27.3 Å². The van der Waals surface area contributed by atoms with Gasteiger partial charge in [-0.15, -0.1) is 11.7 Å². The normalized spacial score (nSPS) is 14.6. The second-order valence-electron chi connectivity index (χ2n) is 7.20. The molecule has 4 aromatic rings. The van der Waals surface area contributed by atoms with Gasteiger partial charge in [-0.1, -0.05) is 45.5 Å². The molecule has 1 amide bonds. The Morgan fingerprint density at radius 1 is 1.21 bits per heavy atom. The summed E-state index contributed by atoms with van der Waals surface area (Å²) in [6.45, 7) is 5.36. The Balaban J connectivity index is 1.71. The number of hydrogen-bond donors (Lipinski definition) is 0. The summed E-state index contributed by atoms with van der Waals surface area (Å²) in [6.07, 6.45) is 1.64. The number of aromatic nitrogens is 3. The molecule has 0 saturated heterocycles. The maximum Gasteiger partial charge on any atom is 0.308 e. The third-order valence-corrected chi connectivity index (χ3v) is 6.58. The molecule has 0 spiro atoms. The number of carbonyl (C=O) groups excluding carboxylic acids is 2. The molecule has 164 valence electrons. The standard InChI is InChI=1S/C23H15BrN4O4S/c1-3-10-27-16-9-8-13(24)11-15(16)18(21(27)30)19-22(31)28-23(33-19)25-20(26-28)14-6-4-5-7-17(14)32-12(2)29/h3-9,11H,1,10H2,2H3. The highest BCUT2D eigenvalue weighted by molar-refractivity contribution is 9.10. The van der Waals surface area contributed by atoms with Crippen molar-refractivity contribution in [2.24, 2.45) is 0 Å². The molecular weight excluding hydrogens is 508 g/mol. The van der Waals surface area contributed by atoms with Crippen molar-refractivity contribution in [3.63, 3.8) is 0 Å². The molecule has 0 radical (unpaired) electrons. The molecule has 1 aliphatic heterocycles. The van der Waals surface area contributed by atoms with Crippen LogP contribution in [0.1, 0.15) is 12.5 Å². The Hall–Kier alpha value is -3.63. The number of halogens is 1. The fourth-order valence-electron chi connectivity index (χ4n) is 3.73. The Morgan fingerprint density at radius 3 is 2.73 bits per heavy atom. The van der Waals surface area contributed by atoms with E-state index in [1.54, 1.807) is 35.2 Å². The van der Waals surface area contributed by atoms with Gasteiger partial charge < -0.3 is 9.64 Å². The van der Waals surface area contributed by atoms with Crippen LogP contribution in [0, 0.1) is 0 Å².